The molecule has 29 heavy (non-hydrogen) atoms. The Morgan fingerprint density at radius 2 is 2.03 bits per heavy atom. The van der Waals surface area contributed by atoms with E-state index in [0.29, 0.717) is 30.2 Å². The van der Waals surface area contributed by atoms with Crippen LogP contribution in [-0.2, 0) is 11.0 Å². The lowest BCUT2D eigenvalue weighted by Crippen LogP contribution is -2.35. The fourth-order valence-corrected chi connectivity index (χ4v) is 3.24. The summed E-state index contributed by atoms with van der Waals surface area (Å²) in [5.74, 6) is -0.281. The van der Waals surface area contributed by atoms with Crippen molar-refractivity contribution >= 4 is 46.6 Å². The van der Waals surface area contributed by atoms with Gasteiger partial charge in [-0.15, -0.1) is 0 Å². The summed E-state index contributed by atoms with van der Waals surface area (Å²) >= 11 is 11.8. The molecule has 0 aliphatic carbocycles. The van der Waals surface area contributed by atoms with E-state index in [4.69, 9.17) is 23.2 Å². The molecule has 1 N–H and O–H groups in total. The number of likely N-dealkylation sites (N-methyl/N-ethyl adjacent to an activating group) is 1. The van der Waals surface area contributed by atoms with Gasteiger partial charge in [0.15, 0.2) is 0 Å². The van der Waals surface area contributed by atoms with Crippen LogP contribution in [0.25, 0.3) is 0 Å². The average Bonchev–Trinajstić information content (AvgIpc) is 3.06. The minimum absolute atomic E-state index is 0.0131. The summed E-state index contributed by atoms with van der Waals surface area (Å²) in [6.45, 7) is 1.15. The third-order valence-electron chi connectivity index (χ3n) is 4.49. The molecule has 0 radical (unpaired) electrons. The van der Waals surface area contributed by atoms with Crippen LogP contribution in [0.2, 0.25) is 10.0 Å². The average molecular weight is 448 g/mol. The van der Waals surface area contributed by atoms with Crippen LogP contribution in [0.5, 0.6) is 0 Å². The number of nitrogens with zero attached hydrogens (tertiary/aromatic N) is 4. The van der Waals surface area contributed by atoms with Crippen molar-refractivity contribution < 1.29 is 18.0 Å². The third kappa shape index (κ3) is 5.22. The van der Waals surface area contributed by atoms with Crippen molar-refractivity contribution in [2.75, 3.05) is 36.9 Å². The number of alkyl halides is 3. The number of nitrogens with one attached hydrogen (secondary N) is 1. The van der Waals surface area contributed by atoms with Crippen LogP contribution in [0.15, 0.2) is 24.4 Å². The minimum Gasteiger partial charge on any atom is -0.357 e. The Morgan fingerprint density at radius 3 is 2.66 bits per heavy atom. The lowest BCUT2D eigenvalue weighted by molar-refractivity contribution is -0.137. The second kappa shape index (κ2) is 8.62. The van der Waals surface area contributed by atoms with Crippen molar-refractivity contribution in [1.29, 1.82) is 0 Å². The molecule has 0 saturated carbocycles. The van der Waals surface area contributed by atoms with Crippen molar-refractivity contribution in [3.63, 3.8) is 0 Å². The van der Waals surface area contributed by atoms with E-state index in [-0.39, 0.29) is 29.2 Å². The summed E-state index contributed by atoms with van der Waals surface area (Å²) in [5.41, 5.74) is -0.470. The predicted molar refractivity (Wildman–Crippen MR) is 106 cm³/mol. The highest BCUT2D eigenvalue weighted by molar-refractivity contribution is 6.42. The van der Waals surface area contributed by atoms with Crippen LogP contribution in [-0.4, -0.2) is 47.5 Å². The molecule has 2 aromatic rings. The number of amides is 1. The highest BCUT2D eigenvalue weighted by Crippen LogP contribution is 2.35. The van der Waals surface area contributed by atoms with Crippen molar-refractivity contribution in [1.82, 2.24) is 14.9 Å². The van der Waals surface area contributed by atoms with Crippen LogP contribution >= 0.6 is 23.2 Å². The molecule has 3 rings (SSSR count). The first-order valence-electron chi connectivity index (χ1n) is 8.80. The number of halogens is 5. The smallest absolute Gasteiger partial charge is 0.357 e. The summed E-state index contributed by atoms with van der Waals surface area (Å²) in [7, 11) is 1.50. The molecule has 11 heteroatoms. The quantitative estimate of drug-likeness (QED) is 0.700. The van der Waals surface area contributed by atoms with Gasteiger partial charge >= 0.3 is 6.18 Å². The molecule has 1 aromatic carbocycles. The molecule has 1 aliphatic rings. The van der Waals surface area contributed by atoms with Gasteiger partial charge in [-0.3, -0.25) is 4.79 Å². The van der Waals surface area contributed by atoms with Gasteiger partial charge in [0, 0.05) is 45.0 Å². The van der Waals surface area contributed by atoms with E-state index in [1.165, 1.54) is 18.0 Å². The van der Waals surface area contributed by atoms with Gasteiger partial charge in [-0.1, -0.05) is 23.2 Å². The Kier molecular flexibility index (Phi) is 6.38. The van der Waals surface area contributed by atoms with Gasteiger partial charge in [0.2, 0.25) is 11.9 Å². The first kappa shape index (κ1) is 21.4. The Balaban J connectivity index is 1.83. The molecule has 1 aromatic heterocycles. The van der Waals surface area contributed by atoms with Crippen molar-refractivity contribution in [3.8, 4) is 0 Å². The molecule has 1 saturated heterocycles. The number of benzene rings is 1. The van der Waals surface area contributed by atoms with Crippen LogP contribution < -0.4 is 10.2 Å². The second-order valence-corrected chi connectivity index (χ2v) is 7.40. The zero-order valence-corrected chi connectivity index (χ0v) is 16.9. The lowest BCUT2D eigenvalue weighted by atomic mass is 10.2. The van der Waals surface area contributed by atoms with Gasteiger partial charge in [-0.2, -0.15) is 18.2 Å². The largest absolute Gasteiger partial charge is 0.421 e. The SMILES string of the molecule is CN(CCN1CCCC1=O)c1nc(Nc2ccc(Cl)c(Cl)c2)ncc1C(F)(F)F. The normalized spacial score (nSPS) is 14.4. The molecule has 1 amide bonds. The molecule has 2 heterocycles. The van der Waals surface area contributed by atoms with Crippen LogP contribution in [0.4, 0.5) is 30.6 Å². The van der Waals surface area contributed by atoms with Crippen molar-refractivity contribution in [2.45, 2.75) is 19.0 Å². The predicted octanol–water partition coefficient (Wildman–Crippen LogP) is 4.60. The molecule has 156 valence electrons. The summed E-state index contributed by atoms with van der Waals surface area (Å²) in [4.78, 5) is 22.6. The maximum atomic E-state index is 13.4. The Labute approximate surface area is 175 Å². The van der Waals surface area contributed by atoms with Crippen molar-refractivity contribution in [3.05, 3.63) is 40.0 Å². The molecule has 0 spiro atoms. The number of rotatable bonds is 6. The summed E-state index contributed by atoms with van der Waals surface area (Å²) in [6, 6.07) is 4.68. The maximum absolute atomic E-state index is 13.4. The van der Waals surface area contributed by atoms with E-state index in [1.54, 1.807) is 17.0 Å². The zero-order valence-electron chi connectivity index (χ0n) is 15.4. The maximum Gasteiger partial charge on any atom is 0.421 e. The molecule has 1 fully saturated rings. The number of hydrogen-bond acceptors (Lipinski definition) is 5. The molecular formula is C18H18Cl2F3N5O. The Bertz CT molecular complexity index is 910. The number of hydrogen-bond donors (Lipinski definition) is 1. The molecule has 0 bridgehead atoms. The third-order valence-corrected chi connectivity index (χ3v) is 5.23. The zero-order chi connectivity index (χ0) is 21.2. The minimum atomic E-state index is -4.62. The lowest BCUT2D eigenvalue weighted by Gasteiger charge is -2.25. The van der Waals surface area contributed by atoms with E-state index in [9.17, 15) is 18.0 Å². The van der Waals surface area contributed by atoms with Gasteiger partial charge in [0.05, 0.1) is 10.0 Å². The number of aromatic nitrogens is 2. The van der Waals surface area contributed by atoms with E-state index >= 15 is 0 Å². The number of likely N-dealkylation sites (tertiary alicyclic amines) is 1. The monoisotopic (exact) mass is 447 g/mol. The molecule has 0 unspecified atom stereocenters. The molecule has 6 nitrogen and oxygen atoms in total. The Hall–Kier alpha value is -2.26. The van der Waals surface area contributed by atoms with Gasteiger partial charge < -0.3 is 15.1 Å². The second-order valence-electron chi connectivity index (χ2n) is 6.59. The summed E-state index contributed by atoms with van der Waals surface area (Å²) in [6.07, 6.45) is -2.64. The van der Waals surface area contributed by atoms with E-state index in [2.05, 4.69) is 15.3 Å². The number of carbonyl (C=O) groups excluding carboxylic acids is 1. The van der Waals surface area contributed by atoms with Gasteiger partial charge in [-0.25, -0.2) is 4.98 Å². The van der Waals surface area contributed by atoms with Crippen LogP contribution in [0.3, 0.4) is 0 Å². The van der Waals surface area contributed by atoms with E-state index in [0.717, 1.165) is 12.6 Å². The van der Waals surface area contributed by atoms with E-state index < -0.39 is 11.7 Å². The van der Waals surface area contributed by atoms with Crippen LogP contribution in [0, 0.1) is 0 Å². The topological polar surface area (TPSA) is 61.4 Å². The molecular weight excluding hydrogens is 430 g/mol. The fourth-order valence-electron chi connectivity index (χ4n) is 2.94. The van der Waals surface area contributed by atoms with Crippen molar-refractivity contribution in [2.24, 2.45) is 0 Å². The molecule has 1 aliphatic heterocycles. The first-order valence-corrected chi connectivity index (χ1v) is 9.56. The highest BCUT2D eigenvalue weighted by atomic mass is 35.5. The van der Waals surface area contributed by atoms with Gasteiger partial charge in [0.25, 0.3) is 0 Å². The Morgan fingerprint density at radius 1 is 1.28 bits per heavy atom. The number of anilines is 3. The number of carbonyl (C=O) groups is 1. The van der Waals surface area contributed by atoms with Gasteiger partial charge in [0.1, 0.15) is 11.4 Å². The fraction of sp³-hybridized carbons (Fsp3) is 0.389. The first-order chi connectivity index (χ1) is 13.6. The van der Waals surface area contributed by atoms with Gasteiger partial charge in [-0.05, 0) is 24.6 Å². The summed E-state index contributed by atoms with van der Waals surface area (Å²) in [5, 5.41) is 3.46. The molecule has 0 atom stereocenters. The standard InChI is InChI=1S/C18H18Cl2F3N5O/c1-27(7-8-28-6-2-3-15(28)29)16-12(18(21,22)23)10-24-17(26-16)25-11-4-5-13(19)14(20)9-11/h4-5,9-10H,2-3,6-8H2,1H3,(H,24,25,26). The highest BCUT2D eigenvalue weighted by Gasteiger charge is 2.36. The summed E-state index contributed by atoms with van der Waals surface area (Å²) < 4.78 is 40.3. The van der Waals surface area contributed by atoms with Crippen LogP contribution in [0.1, 0.15) is 18.4 Å². The van der Waals surface area contributed by atoms with E-state index in [1.807, 2.05) is 0 Å².